The molecule has 3 heterocycles. The van der Waals surface area contributed by atoms with Gasteiger partial charge < -0.3 is 9.73 Å². The summed E-state index contributed by atoms with van der Waals surface area (Å²) in [6.07, 6.45) is -6.87. The summed E-state index contributed by atoms with van der Waals surface area (Å²) in [5, 5.41) is 5.91. The molecule has 4 rings (SSSR count). The van der Waals surface area contributed by atoms with Crippen molar-refractivity contribution in [1.82, 2.24) is 25.1 Å². The Morgan fingerprint density at radius 1 is 1.16 bits per heavy atom. The highest BCUT2D eigenvalue weighted by atomic mass is 19.4. The number of nitrogens with one attached hydrogen (secondary N) is 1. The third kappa shape index (κ3) is 4.18. The smallest absolute Gasteiger partial charge is 0.435 e. The first-order valence-corrected chi connectivity index (χ1v) is 9.39. The Bertz CT molecular complexity index is 1160. The molecule has 0 saturated carbocycles. The molecule has 3 aromatic rings. The number of hydrogen-bond acceptors (Lipinski definition) is 5. The van der Waals surface area contributed by atoms with E-state index in [2.05, 4.69) is 20.4 Å². The summed E-state index contributed by atoms with van der Waals surface area (Å²) >= 11 is 0. The lowest BCUT2D eigenvalue weighted by molar-refractivity contribution is -0.142. The maximum Gasteiger partial charge on any atom is 0.435 e. The lowest BCUT2D eigenvalue weighted by Crippen LogP contribution is -2.31. The predicted molar refractivity (Wildman–Crippen MR) is 96.1 cm³/mol. The van der Waals surface area contributed by atoms with Crippen LogP contribution in [0.25, 0.3) is 11.5 Å². The number of alkyl halides is 6. The highest BCUT2D eigenvalue weighted by molar-refractivity contribution is 5.93. The number of amides is 1. The van der Waals surface area contributed by atoms with E-state index in [1.807, 2.05) is 0 Å². The molecule has 1 atom stereocenters. The van der Waals surface area contributed by atoms with Crippen LogP contribution in [0.4, 0.5) is 26.3 Å². The Kier molecular flexibility index (Phi) is 5.21. The van der Waals surface area contributed by atoms with E-state index in [0.717, 1.165) is 16.9 Å². The van der Waals surface area contributed by atoms with Gasteiger partial charge in [-0.25, -0.2) is 4.98 Å². The SMILES string of the molecule is Cn1nc(C(F)(F)F)cc1C(=O)N[C@@H]1CCCc2nc(-c3ccnc(C(F)(F)F)c3)oc21. The number of aromatic nitrogens is 4. The maximum absolute atomic E-state index is 12.9. The fourth-order valence-corrected chi connectivity index (χ4v) is 3.45. The molecule has 3 aromatic heterocycles. The molecule has 170 valence electrons. The van der Waals surface area contributed by atoms with Gasteiger partial charge in [-0.1, -0.05) is 0 Å². The van der Waals surface area contributed by atoms with E-state index >= 15 is 0 Å². The molecule has 1 N–H and O–H groups in total. The normalized spacial score (nSPS) is 16.7. The first-order chi connectivity index (χ1) is 14.9. The van der Waals surface area contributed by atoms with Crippen LogP contribution >= 0.6 is 0 Å². The van der Waals surface area contributed by atoms with Crippen LogP contribution in [0.2, 0.25) is 0 Å². The number of carbonyl (C=O) groups is 1. The fraction of sp³-hybridized carbons (Fsp3) is 0.368. The van der Waals surface area contributed by atoms with E-state index < -0.39 is 35.7 Å². The number of aryl methyl sites for hydroxylation is 2. The topological polar surface area (TPSA) is 85.8 Å². The summed E-state index contributed by atoms with van der Waals surface area (Å²) in [6, 6.07) is 2.05. The minimum atomic E-state index is -4.70. The molecular formula is C19H15F6N5O2. The monoisotopic (exact) mass is 459 g/mol. The van der Waals surface area contributed by atoms with Gasteiger partial charge in [0.25, 0.3) is 5.91 Å². The van der Waals surface area contributed by atoms with Crippen LogP contribution in [0.15, 0.2) is 28.8 Å². The minimum Gasteiger partial charge on any atom is -0.439 e. The standard InChI is InChI=1S/C19H15F6N5O2/c1-30-12(8-14(29-30)19(23,24)25)16(31)27-10-3-2-4-11-15(10)32-17(28-11)9-5-6-26-13(7-9)18(20,21)22/h5-8,10H,2-4H2,1H3,(H,27,31)/t10-/m1/s1. The maximum atomic E-state index is 12.9. The van der Waals surface area contributed by atoms with Crippen molar-refractivity contribution in [2.45, 2.75) is 37.7 Å². The number of nitrogens with zero attached hydrogens (tertiary/aromatic N) is 4. The molecule has 32 heavy (non-hydrogen) atoms. The van der Waals surface area contributed by atoms with Crippen molar-refractivity contribution in [3.63, 3.8) is 0 Å². The van der Waals surface area contributed by atoms with Crippen molar-refractivity contribution < 1.29 is 35.6 Å². The molecular weight excluding hydrogens is 444 g/mol. The Balaban J connectivity index is 1.60. The van der Waals surface area contributed by atoms with Gasteiger partial charge in [0.1, 0.15) is 17.1 Å². The largest absolute Gasteiger partial charge is 0.439 e. The van der Waals surface area contributed by atoms with Crippen LogP contribution in [-0.4, -0.2) is 25.7 Å². The van der Waals surface area contributed by atoms with E-state index in [-0.39, 0.29) is 22.9 Å². The van der Waals surface area contributed by atoms with Gasteiger partial charge in [0.2, 0.25) is 5.89 Å². The zero-order chi connectivity index (χ0) is 23.3. The van der Waals surface area contributed by atoms with Crippen molar-refractivity contribution in [1.29, 1.82) is 0 Å². The first kappa shape index (κ1) is 21.8. The second-order valence-corrected chi connectivity index (χ2v) is 7.21. The Labute approximate surface area is 176 Å². The van der Waals surface area contributed by atoms with Crippen molar-refractivity contribution in [3.05, 3.63) is 52.9 Å². The summed E-state index contributed by atoms with van der Waals surface area (Å²) in [5.41, 5.74) is -2.08. The second kappa shape index (κ2) is 7.64. The zero-order valence-corrected chi connectivity index (χ0v) is 16.4. The van der Waals surface area contributed by atoms with Gasteiger partial charge in [-0.15, -0.1) is 0 Å². The molecule has 13 heteroatoms. The summed E-state index contributed by atoms with van der Waals surface area (Å²) in [6.45, 7) is 0. The number of carbonyl (C=O) groups excluding carboxylic acids is 1. The zero-order valence-electron chi connectivity index (χ0n) is 16.4. The number of oxazole rings is 1. The van der Waals surface area contributed by atoms with Crippen LogP contribution in [0, 0.1) is 0 Å². The third-order valence-corrected chi connectivity index (χ3v) is 4.96. The fourth-order valence-electron chi connectivity index (χ4n) is 3.45. The van der Waals surface area contributed by atoms with Crippen LogP contribution in [0.5, 0.6) is 0 Å². The number of halogens is 6. The lowest BCUT2D eigenvalue weighted by atomic mass is 9.97. The van der Waals surface area contributed by atoms with E-state index in [4.69, 9.17) is 4.42 Å². The lowest BCUT2D eigenvalue weighted by Gasteiger charge is -2.21. The summed E-state index contributed by atoms with van der Waals surface area (Å²) in [7, 11) is 1.21. The molecule has 1 aliphatic carbocycles. The second-order valence-electron chi connectivity index (χ2n) is 7.21. The number of fused-ring (bicyclic) bond motifs is 1. The van der Waals surface area contributed by atoms with Crippen LogP contribution in [0.3, 0.4) is 0 Å². The number of hydrogen-bond donors (Lipinski definition) is 1. The molecule has 0 fully saturated rings. The molecule has 0 aromatic carbocycles. The highest BCUT2D eigenvalue weighted by Gasteiger charge is 2.37. The quantitative estimate of drug-likeness (QED) is 0.590. The van der Waals surface area contributed by atoms with Gasteiger partial charge in [-0.2, -0.15) is 31.4 Å². The van der Waals surface area contributed by atoms with Crippen molar-refractivity contribution >= 4 is 5.91 Å². The summed E-state index contributed by atoms with van der Waals surface area (Å²) in [5.74, 6) is -0.610. The Hall–Kier alpha value is -3.38. The molecule has 1 aliphatic rings. The van der Waals surface area contributed by atoms with Gasteiger partial charge >= 0.3 is 12.4 Å². The highest BCUT2D eigenvalue weighted by Crippen LogP contribution is 2.35. The third-order valence-electron chi connectivity index (χ3n) is 4.96. The van der Waals surface area contributed by atoms with Crippen molar-refractivity contribution in [2.75, 3.05) is 0 Å². The van der Waals surface area contributed by atoms with Crippen LogP contribution in [-0.2, 0) is 25.8 Å². The van der Waals surface area contributed by atoms with Crippen molar-refractivity contribution in [2.24, 2.45) is 7.05 Å². The summed E-state index contributed by atoms with van der Waals surface area (Å²) in [4.78, 5) is 20.1. The molecule has 1 amide bonds. The minimum absolute atomic E-state index is 0.0632. The first-order valence-electron chi connectivity index (χ1n) is 9.39. The molecule has 7 nitrogen and oxygen atoms in total. The average Bonchev–Trinajstić information content (AvgIpc) is 3.32. The Morgan fingerprint density at radius 2 is 1.88 bits per heavy atom. The number of rotatable bonds is 3. The molecule has 0 bridgehead atoms. The van der Waals surface area contributed by atoms with Crippen molar-refractivity contribution in [3.8, 4) is 11.5 Å². The van der Waals surface area contributed by atoms with Gasteiger partial charge in [0, 0.05) is 24.9 Å². The molecule has 0 radical (unpaired) electrons. The van der Waals surface area contributed by atoms with Crippen LogP contribution in [0.1, 0.15) is 52.2 Å². The van der Waals surface area contributed by atoms with Gasteiger partial charge in [0.15, 0.2) is 5.69 Å². The van der Waals surface area contributed by atoms with Crippen LogP contribution < -0.4 is 5.32 Å². The van der Waals surface area contributed by atoms with Gasteiger partial charge in [-0.3, -0.25) is 14.5 Å². The van der Waals surface area contributed by atoms with E-state index in [9.17, 15) is 31.1 Å². The van der Waals surface area contributed by atoms with Gasteiger partial charge in [-0.05, 0) is 31.4 Å². The predicted octanol–water partition coefficient (Wildman–Crippen LogP) is 4.32. The Morgan fingerprint density at radius 3 is 2.53 bits per heavy atom. The van der Waals surface area contributed by atoms with E-state index in [1.165, 1.54) is 13.1 Å². The average molecular weight is 459 g/mol. The molecule has 0 saturated heterocycles. The molecule has 0 aliphatic heterocycles. The molecule has 0 unspecified atom stereocenters. The van der Waals surface area contributed by atoms with Gasteiger partial charge in [0.05, 0.1) is 11.7 Å². The number of pyridine rings is 1. The molecule has 0 spiro atoms. The van der Waals surface area contributed by atoms with E-state index in [1.54, 1.807) is 0 Å². The van der Waals surface area contributed by atoms with E-state index in [0.29, 0.717) is 31.0 Å². The summed E-state index contributed by atoms with van der Waals surface area (Å²) < 4.78 is 83.9.